The molecule has 0 bridgehead atoms. The van der Waals surface area contributed by atoms with Crippen molar-refractivity contribution in [1.29, 1.82) is 0 Å². The van der Waals surface area contributed by atoms with Crippen LogP contribution >= 0.6 is 0 Å². The molecule has 9 heavy (non-hydrogen) atoms. The maximum Gasteiger partial charge on any atom is 0.150 e. The van der Waals surface area contributed by atoms with Gasteiger partial charge in [-0.3, -0.25) is 0 Å². The van der Waals surface area contributed by atoms with Crippen molar-refractivity contribution in [1.82, 2.24) is 5.16 Å². The molecule has 0 saturated carbocycles. The van der Waals surface area contributed by atoms with Crippen molar-refractivity contribution in [2.45, 2.75) is 13.2 Å². The molecule has 1 heterocycles. The lowest BCUT2D eigenvalue weighted by molar-refractivity contribution is 0.265. The number of nitrogens with zero attached hydrogens (tertiary/aromatic N) is 1. The molecule has 0 aliphatic rings. The number of nitrogens with two attached hydrogens (primary N) is 1. The van der Waals surface area contributed by atoms with Crippen LogP contribution in [0.3, 0.4) is 0 Å². The molecule has 4 heteroatoms. The second-order valence-electron chi connectivity index (χ2n) is 1.65. The normalized spacial score (nSPS) is 10.0. The van der Waals surface area contributed by atoms with Crippen LogP contribution in [0.5, 0.6) is 0 Å². The van der Waals surface area contributed by atoms with Crippen LogP contribution in [0.2, 0.25) is 0 Å². The summed E-state index contributed by atoms with van der Waals surface area (Å²) < 4.78 is 4.67. The van der Waals surface area contributed by atoms with E-state index in [0.717, 1.165) is 0 Å². The van der Waals surface area contributed by atoms with Crippen molar-refractivity contribution in [3.05, 3.63) is 17.5 Å². The van der Waals surface area contributed by atoms with E-state index in [1.165, 1.54) is 0 Å². The molecule has 0 spiro atoms. The molecule has 1 aromatic rings. The van der Waals surface area contributed by atoms with E-state index in [4.69, 9.17) is 10.8 Å². The Morgan fingerprint density at radius 3 is 2.89 bits per heavy atom. The first-order valence-electron chi connectivity index (χ1n) is 2.62. The molecule has 4 nitrogen and oxygen atoms in total. The van der Waals surface area contributed by atoms with Crippen LogP contribution in [0, 0.1) is 0 Å². The Balaban J connectivity index is 2.74. The molecule has 1 aromatic heterocycles. The van der Waals surface area contributed by atoms with Crippen molar-refractivity contribution in [3.63, 3.8) is 0 Å². The number of hydrogen-bond acceptors (Lipinski definition) is 4. The Bertz CT molecular complexity index is 166. The van der Waals surface area contributed by atoms with Gasteiger partial charge >= 0.3 is 0 Å². The van der Waals surface area contributed by atoms with Crippen LogP contribution in [0.1, 0.15) is 11.5 Å². The largest absolute Gasteiger partial charge is 0.390 e. The second-order valence-corrected chi connectivity index (χ2v) is 1.65. The van der Waals surface area contributed by atoms with Crippen LogP contribution in [0.4, 0.5) is 0 Å². The van der Waals surface area contributed by atoms with Gasteiger partial charge in [-0.25, -0.2) is 0 Å². The molecule has 0 aliphatic carbocycles. The number of aliphatic hydroxyl groups excluding tert-OH is 1. The summed E-state index contributed by atoms with van der Waals surface area (Å²) in [6.07, 6.45) is 0. The number of rotatable bonds is 2. The zero-order chi connectivity index (χ0) is 6.69. The third-order valence-electron chi connectivity index (χ3n) is 0.971. The van der Waals surface area contributed by atoms with Crippen molar-refractivity contribution >= 4 is 0 Å². The van der Waals surface area contributed by atoms with E-state index < -0.39 is 0 Å². The average Bonchev–Trinajstić information content (AvgIpc) is 2.34. The average molecular weight is 128 g/mol. The zero-order valence-electron chi connectivity index (χ0n) is 4.87. The molecule has 0 atom stereocenters. The van der Waals surface area contributed by atoms with Gasteiger partial charge in [0.2, 0.25) is 0 Å². The molecule has 0 unspecified atom stereocenters. The minimum atomic E-state index is -0.0938. The van der Waals surface area contributed by atoms with E-state index in [9.17, 15) is 0 Å². The minimum Gasteiger partial charge on any atom is -0.390 e. The molecular formula is C5H8N2O2. The molecule has 0 aliphatic heterocycles. The first kappa shape index (κ1) is 6.25. The lowest BCUT2D eigenvalue weighted by Gasteiger charge is -1.78. The topological polar surface area (TPSA) is 72.3 Å². The number of aromatic nitrogens is 1. The second kappa shape index (κ2) is 2.61. The summed E-state index contributed by atoms with van der Waals surface area (Å²) in [6, 6.07) is 1.62. The lowest BCUT2D eigenvalue weighted by atomic mass is 10.4. The lowest BCUT2D eigenvalue weighted by Crippen LogP contribution is -1.92. The highest BCUT2D eigenvalue weighted by molar-refractivity contribution is 5.03. The summed E-state index contributed by atoms with van der Waals surface area (Å²) >= 11 is 0. The first-order valence-corrected chi connectivity index (χ1v) is 2.62. The SMILES string of the molecule is NCc1cc(CO)no1. The van der Waals surface area contributed by atoms with Gasteiger partial charge in [0, 0.05) is 6.07 Å². The third kappa shape index (κ3) is 1.28. The van der Waals surface area contributed by atoms with Crippen LogP contribution < -0.4 is 5.73 Å². The van der Waals surface area contributed by atoms with Crippen LogP contribution in [-0.4, -0.2) is 10.3 Å². The predicted octanol–water partition coefficient (Wildman–Crippen LogP) is -0.374. The Kier molecular flexibility index (Phi) is 1.81. The standard InChI is InChI=1S/C5H8N2O2/c6-2-5-1-4(3-8)7-9-5/h1,8H,2-3,6H2. The number of hydrogen-bond donors (Lipinski definition) is 2. The third-order valence-corrected chi connectivity index (χ3v) is 0.971. The van der Waals surface area contributed by atoms with E-state index in [2.05, 4.69) is 9.68 Å². The molecule has 0 amide bonds. The smallest absolute Gasteiger partial charge is 0.150 e. The maximum absolute atomic E-state index is 8.48. The maximum atomic E-state index is 8.48. The molecule has 0 fully saturated rings. The Morgan fingerprint density at radius 1 is 1.78 bits per heavy atom. The fraction of sp³-hybridized carbons (Fsp3) is 0.400. The quantitative estimate of drug-likeness (QED) is 0.569. The Morgan fingerprint density at radius 2 is 2.56 bits per heavy atom. The highest BCUT2D eigenvalue weighted by Gasteiger charge is 1.98. The minimum absolute atomic E-state index is 0.0938. The summed E-state index contributed by atoms with van der Waals surface area (Å²) in [4.78, 5) is 0. The van der Waals surface area contributed by atoms with Gasteiger partial charge in [-0.1, -0.05) is 5.16 Å². The van der Waals surface area contributed by atoms with Crippen LogP contribution in [0.15, 0.2) is 10.6 Å². The van der Waals surface area contributed by atoms with Crippen LogP contribution in [0.25, 0.3) is 0 Å². The highest BCUT2D eigenvalue weighted by Crippen LogP contribution is 2.00. The number of aliphatic hydroxyl groups is 1. The summed E-state index contributed by atoms with van der Waals surface area (Å²) in [5.74, 6) is 0.596. The fourth-order valence-corrected chi connectivity index (χ4v) is 0.526. The monoisotopic (exact) mass is 128 g/mol. The van der Waals surface area contributed by atoms with E-state index >= 15 is 0 Å². The molecule has 0 radical (unpaired) electrons. The van der Waals surface area contributed by atoms with Crippen molar-refractivity contribution < 1.29 is 9.63 Å². The van der Waals surface area contributed by atoms with Gasteiger partial charge in [-0.2, -0.15) is 0 Å². The van der Waals surface area contributed by atoms with Gasteiger partial charge in [0.15, 0.2) is 5.76 Å². The van der Waals surface area contributed by atoms with E-state index in [0.29, 0.717) is 18.0 Å². The molecule has 50 valence electrons. The predicted molar refractivity (Wildman–Crippen MR) is 30.3 cm³/mol. The van der Waals surface area contributed by atoms with E-state index in [1.807, 2.05) is 0 Å². The highest BCUT2D eigenvalue weighted by atomic mass is 16.5. The van der Waals surface area contributed by atoms with Gasteiger partial charge in [0.25, 0.3) is 0 Å². The van der Waals surface area contributed by atoms with Crippen molar-refractivity contribution in [2.75, 3.05) is 0 Å². The van der Waals surface area contributed by atoms with Gasteiger partial charge in [0.1, 0.15) is 5.69 Å². The molecule has 0 saturated heterocycles. The summed E-state index contributed by atoms with van der Waals surface area (Å²) in [7, 11) is 0. The summed E-state index contributed by atoms with van der Waals surface area (Å²) in [5, 5.41) is 12.0. The molecule has 0 aromatic carbocycles. The fourth-order valence-electron chi connectivity index (χ4n) is 0.526. The molecular weight excluding hydrogens is 120 g/mol. The Labute approximate surface area is 52.3 Å². The van der Waals surface area contributed by atoms with Crippen molar-refractivity contribution in [3.8, 4) is 0 Å². The van der Waals surface area contributed by atoms with Gasteiger partial charge in [0.05, 0.1) is 13.2 Å². The molecule has 3 N–H and O–H groups in total. The summed E-state index contributed by atoms with van der Waals surface area (Å²) in [6.45, 7) is 0.233. The zero-order valence-corrected chi connectivity index (χ0v) is 4.87. The Hall–Kier alpha value is -0.870. The molecule has 1 rings (SSSR count). The van der Waals surface area contributed by atoms with Gasteiger partial charge in [-0.15, -0.1) is 0 Å². The van der Waals surface area contributed by atoms with Crippen molar-refractivity contribution in [2.24, 2.45) is 5.73 Å². The van der Waals surface area contributed by atoms with Gasteiger partial charge in [-0.05, 0) is 0 Å². The van der Waals surface area contributed by atoms with Crippen LogP contribution in [-0.2, 0) is 13.2 Å². The van der Waals surface area contributed by atoms with E-state index in [1.54, 1.807) is 6.07 Å². The summed E-state index contributed by atoms with van der Waals surface area (Å²) in [5.41, 5.74) is 5.73. The van der Waals surface area contributed by atoms with Gasteiger partial charge < -0.3 is 15.4 Å². The van der Waals surface area contributed by atoms with E-state index in [-0.39, 0.29) is 6.61 Å². The first-order chi connectivity index (χ1) is 4.36.